The van der Waals surface area contributed by atoms with Crippen LogP contribution in [0.5, 0.6) is 0 Å². The minimum Gasteiger partial charge on any atom is -0.382 e. The first-order valence-corrected chi connectivity index (χ1v) is 14.5. The molecule has 0 saturated carbocycles. The number of carbonyl (C=O) groups excluding carboxylic acids is 2. The molecule has 3 aromatic rings. The molecule has 9 nitrogen and oxygen atoms in total. The molecule has 42 heavy (non-hydrogen) atoms. The largest absolute Gasteiger partial charge is 0.382 e. The van der Waals surface area contributed by atoms with Crippen molar-refractivity contribution >= 4 is 35.0 Å². The Morgan fingerprint density at radius 2 is 1.79 bits per heavy atom. The molecule has 1 heterocycles. The Morgan fingerprint density at radius 1 is 1.05 bits per heavy atom. The molecule has 4 rings (SSSR count). The van der Waals surface area contributed by atoms with Gasteiger partial charge in [-0.05, 0) is 86.1 Å². The summed E-state index contributed by atoms with van der Waals surface area (Å²) in [6.45, 7) is 5.35. The average molecular weight is 571 g/mol. The number of ether oxygens (including phenoxy) is 1. The second-order valence-electron chi connectivity index (χ2n) is 10.3. The number of hydrogen-bond donors (Lipinski definition) is 2. The van der Waals surface area contributed by atoms with E-state index in [9.17, 15) is 19.7 Å². The van der Waals surface area contributed by atoms with Gasteiger partial charge in [0, 0.05) is 62.4 Å². The summed E-state index contributed by atoms with van der Waals surface area (Å²) < 4.78 is 5.38. The van der Waals surface area contributed by atoms with Gasteiger partial charge in [-0.1, -0.05) is 30.3 Å². The van der Waals surface area contributed by atoms with Crippen LogP contribution in [-0.2, 0) is 16.0 Å². The van der Waals surface area contributed by atoms with E-state index in [1.807, 2.05) is 25.1 Å². The molecular weight excluding hydrogens is 532 g/mol. The van der Waals surface area contributed by atoms with Gasteiger partial charge in [-0.2, -0.15) is 0 Å². The second kappa shape index (κ2) is 15.5. The number of rotatable bonds is 13. The maximum atomic E-state index is 13.3. The van der Waals surface area contributed by atoms with E-state index in [0.29, 0.717) is 48.9 Å². The van der Waals surface area contributed by atoms with E-state index in [1.54, 1.807) is 24.3 Å². The van der Waals surface area contributed by atoms with Crippen molar-refractivity contribution in [2.24, 2.45) is 5.92 Å². The maximum absolute atomic E-state index is 13.3. The lowest BCUT2D eigenvalue weighted by Crippen LogP contribution is -2.36. The summed E-state index contributed by atoms with van der Waals surface area (Å²) in [6, 6.07) is 21.9. The van der Waals surface area contributed by atoms with E-state index in [2.05, 4.69) is 39.8 Å². The third-order valence-corrected chi connectivity index (χ3v) is 7.32. The summed E-state index contributed by atoms with van der Waals surface area (Å²) in [4.78, 5) is 38.6. The van der Waals surface area contributed by atoms with Gasteiger partial charge in [-0.3, -0.25) is 19.7 Å². The highest BCUT2D eigenvalue weighted by atomic mass is 16.6. The molecular formula is C33H38N4O5. The zero-order valence-electron chi connectivity index (χ0n) is 24.0. The summed E-state index contributed by atoms with van der Waals surface area (Å²) in [6.07, 6.45) is 6.79. The van der Waals surface area contributed by atoms with Crippen molar-refractivity contribution in [3.8, 4) is 0 Å². The summed E-state index contributed by atoms with van der Waals surface area (Å²) in [7, 11) is 0. The molecule has 0 unspecified atom stereocenters. The Balaban J connectivity index is 1.43. The van der Waals surface area contributed by atoms with E-state index in [0.717, 1.165) is 38.0 Å². The predicted octanol–water partition coefficient (Wildman–Crippen LogP) is 5.86. The Morgan fingerprint density at radius 3 is 2.48 bits per heavy atom. The molecule has 0 atom stereocenters. The Hall–Kier alpha value is -4.50. The number of nitrogens with zero attached hydrogens (tertiary/aromatic N) is 2. The van der Waals surface area contributed by atoms with E-state index < -0.39 is 4.92 Å². The van der Waals surface area contributed by atoms with Gasteiger partial charge in [0.25, 0.3) is 11.6 Å². The highest BCUT2D eigenvalue weighted by Gasteiger charge is 2.24. The van der Waals surface area contributed by atoms with Crippen LogP contribution in [0.2, 0.25) is 0 Å². The van der Waals surface area contributed by atoms with E-state index >= 15 is 0 Å². The van der Waals surface area contributed by atoms with Crippen LogP contribution in [0.4, 0.5) is 17.1 Å². The number of non-ortho nitro benzene ring substituents is 1. The van der Waals surface area contributed by atoms with Crippen LogP contribution in [0.1, 0.15) is 47.7 Å². The van der Waals surface area contributed by atoms with E-state index in [1.165, 1.54) is 23.8 Å². The number of hydrogen-bond acceptors (Lipinski definition) is 6. The standard InChI is InChI=1S/C33H38N4O5/c1-2-42-22-6-19-34-33(39)30-24-28(35-32(38)16-11-25-9-13-29(14-10-25)37(40)41)12-15-31(30)36-20-17-27(18-21-36)23-26-7-4-3-5-8-26/h3-5,7-16,24,27H,2,6,17-23H2,1H3,(H,34,39)(H,35,38)/b16-11+. The minimum atomic E-state index is -0.469. The molecule has 1 fully saturated rings. The first-order chi connectivity index (χ1) is 20.4. The molecule has 220 valence electrons. The van der Waals surface area contributed by atoms with Crippen LogP contribution < -0.4 is 15.5 Å². The van der Waals surface area contributed by atoms with Crippen molar-refractivity contribution in [1.82, 2.24) is 5.32 Å². The first-order valence-electron chi connectivity index (χ1n) is 14.5. The smallest absolute Gasteiger partial charge is 0.269 e. The minimum absolute atomic E-state index is 0.0131. The molecule has 1 saturated heterocycles. The number of nitro benzene ring substituents is 1. The van der Waals surface area contributed by atoms with Crippen LogP contribution in [0, 0.1) is 16.0 Å². The molecule has 2 N–H and O–H groups in total. The number of amides is 2. The first kappa shape index (κ1) is 30.5. The van der Waals surface area contributed by atoms with Gasteiger partial charge in [0.2, 0.25) is 5.91 Å². The topological polar surface area (TPSA) is 114 Å². The number of nitro groups is 1. The van der Waals surface area contributed by atoms with Crippen molar-refractivity contribution in [3.63, 3.8) is 0 Å². The Labute approximate surface area is 246 Å². The molecule has 2 amide bonds. The molecule has 0 radical (unpaired) electrons. The molecule has 0 aromatic heterocycles. The van der Waals surface area contributed by atoms with Crippen LogP contribution in [0.25, 0.3) is 6.08 Å². The van der Waals surface area contributed by atoms with Crippen molar-refractivity contribution in [2.75, 3.05) is 43.1 Å². The third kappa shape index (κ3) is 9.01. The highest BCUT2D eigenvalue weighted by molar-refractivity contribution is 6.05. The van der Waals surface area contributed by atoms with Gasteiger partial charge >= 0.3 is 0 Å². The Kier molecular flexibility index (Phi) is 11.2. The quantitative estimate of drug-likeness (QED) is 0.115. The summed E-state index contributed by atoms with van der Waals surface area (Å²) in [5.41, 5.74) is 3.89. The monoisotopic (exact) mass is 570 g/mol. The van der Waals surface area contributed by atoms with E-state index in [4.69, 9.17) is 4.74 Å². The fourth-order valence-corrected chi connectivity index (χ4v) is 5.08. The van der Waals surface area contributed by atoms with Gasteiger partial charge < -0.3 is 20.3 Å². The zero-order valence-corrected chi connectivity index (χ0v) is 24.0. The average Bonchev–Trinajstić information content (AvgIpc) is 3.01. The molecule has 9 heteroatoms. The maximum Gasteiger partial charge on any atom is 0.269 e. The fourth-order valence-electron chi connectivity index (χ4n) is 5.08. The summed E-state index contributed by atoms with van der Waals surface area (Å²) >= 11 is 0. The molecule has 1 aliphatic heterocycles. The number of piperidine rings is 1. The van der Waals surface area contributed by atoms with E-state index in [-0.39, 0.29) is 17.5 Å². The van der Waals surface area contributed by atoms with Crippen LogP contribution in [0.15, 0.2) is 78.9 Å². The van der Waals surface area contributed by atoms with Gasteiger partial charge in [0.15, 0.2) is 0 Å². The highest BCUT2D eigenvalue weighted by Crippen LogP contribution is 2.30. The Bertz CT molecular complexity index is 1370. The van der Waals surface area contributed by atoms with Crippen molar-refractivity contribution in [3.05, 3.63) is 106 Å². The van der Waals surface area contributed by atoms with Gasteiger partial charge in [0.05, 0.1) is 10.5 Å². The number of nitrogens with one attached hydrogen (secondary N) is 2. The predicted molar refractivity (Wildman–Crippen MR) is 166 cm³/mol. The third-order valence-electron chi connectivity index (χ3n) is 7.32. The molecule has 0 bridgehead atoms. The number of carbonyl (C=O) groups is 2. The van der Waals surface area contributed by atoms with Crippen molar-refractivity contribution in [2.45, 2.75) is 32.6 Å². The fraction of sp³-hybridized carbons (Fsp3) is 0.333. The molecule has 0 spiro atoms. The summed E-state index contributed by atoms with van der Waals surface area (Å²) in [5, 5.41) is 16.7. The second-order valence-corrected chi connectivity index (χ2v) is 10.3. The van der Waals surface area contributed by atoms with Gasteiger partial charge in [-0.25, -0.2) is 0 Å². The molecule has 0 aliphatic carbocycles. The van der Waals surface area contributed by atoms with Gasteiger partial charge in [-0.15, -0.1) is 0 Å². The SMILES string of the molecule is CCOCCCNC(=O)c1cc(NC(=O)/C=C/c2ccc([N+](=O)[O-])cc2)ccc1N1CCC(Cc2ccccc2)CC1. The lowest BCUT2D eigenvalue weighted by atomic mass is 9.89. The zero-order chi connectivity index (χ0) is 29.7. The molecule has 3 aromatic carbocycles. The van der Waals surface area contributed by atoms with Crippen LogP contribution >= 0.6 is 0 Å². The van der Waals surface area contributed by atoms with Crippen molar-refractivity contribution in [1.29, 1.82) is 0 Å². The normalized spacial score (nSPS) is 13.7. The van der Waals surface area contributed by atoms with Crippen LogP contribution in [0.3, 0.4) is 0 Å². The molecule has 1 aliphatic rings. The lowest BCUT2D eigenvalue weighted by Gasteiger charge is -2.35. The lowest BCUT2D eigenvalue weighted by molar-refractivity contribution is -0.384. The van der Waals surface area contributed by atoms with Gasteiger partial charge in [0.1, 0.15) is 0 Å². The summed E-state index contributed by atoms with van der Waals surface area (Å²) in [5.74, 6) is 0.0388. The van der Waals surface area contributed by atoms with Crippen molar-refractivity contribution < 1.29 is 19.2 Å². The van der Waals surface area contributed by atoms with Crippen LogP contribution in [-0.4, -0.2) is 49.6 Å². The number of anilines is 2. The number of benzene rings is 3.